The molecule has 1 atom stereocenters. The Hall–Kier alpha value is -1.76. The highest BCUT2D eigenvalue weighted by Gasteiger charge is 2.32. The minimum atomic E-state index is 0.0795. The zero-order valence-electron chi connectivity index (χ0n) is 13.2. The Morgan fingerprint density at radius 1 is 1.45 bits per heavy atom. The van der Waals surface area contributed by atoms with E-state index < -0.39 is 0 Å². The third-order valence-electron chi connectivity index (χ3n) is 4.21. The zero-order valence-corrected chi connectivity index (χ0v) is 14.1. The van der Waals surface area contributed by atoms with Gasteiger partial charge in [-0.1, -0.05) is 11.4 Å². The Balaban J connectivity index is 1.78. The predicted molar refractivity (Wildman–Crippen MR) is 85.0 cm³/mol. The van der Waals surface area contributed by atoms with Crippen molar-refractivity contribution in [3.05, 3.63) is 28.0 Å². The fraction of sp³-hybridized carbons (Fsp3) is 0.600. The molecular formula is C15H21N5OS. The van der Waals surface area contributed by atoms with Gasteiger partial charge < -0.3 is 4.90 Å². The maximum atomic E-state index is 12.8. The molecular weight excluding hydrogens is 298 g/mol. The Morgan fingerprint density at radius 3 is 2.95 bits per heavy atom. The minimum Gasteiger partial charge on any atom is -0.333 e. The first kappa shape index (κ1) is 15.1. The van der Waals surface area contributed by atoms with Crippen LogP contribution in [0.3, 0.4) is 0 Å². The summed E-state index contributed by atoms with van der Waals surface area (Å²) < 4.78 is 5.95. The van der Waals surface area contributed by atoms with E-state index in [1.54, 1.807) is 0 Å². The lowest BCUT2D eigenvalue weighted by Crippen LogP contribution is -2.38. The summed E-state index contributed by atoms with van der Waals surface area (Å²) in [5, 5.41) is 8.58. The Labute approximate surface area is 134 Å². The quantitative estimate of drug-likeness (QED) is 0.867. The van der Waals surface area contributed by atoms with Gasteiger partial charge in [-0.15, -0.1) is 5.10 Å². The number of hydrogen-bond donors (Lipinski definition) is 0. The van der Waals surface area contributed by atoms with Gasteiger partial charge >= 0.3 is 0 Å². The smallest absolute Gasteiger partial charge is 0.267 e. The molecule has 0 aromatic carbocycles. The Morgan fingerprint density at radius 2 is 2.27 bits per heavy atom. The highest BCUT2D eigenvalue weighted by molar-refractivity contribution is 7.08. The molecule has 0 aliphatic carbocycles. The first-order valence-corrected chi connectivity index (χ1v) is 8.50. The topological polar surface area (TPSA) is 63.9 Å². The average molecular weight is 319 g/mol. The van der Waals surface area contributed by atoms with Crippen molar-refractivity contribution in [1.82, 2.24) is 24.3 Å². The number of hydrogen-bond acceptors (Lipinski definition) is 5. The molecule has 3 rings (SSSR count). The summed E-state index contributed by atoms with van der Waals surface area (Å²) in [6.45, 7) is 7.63. The molecule has 1 aliphatic rings. The standard InChI is InChI=1S/C15H21N5OS/c1-4-13-14(22-18-16-13)15(21)19-7-5-6-12(19)9-20-11(3)8-10(2)17-20/h8,12H,4-7,9H2,1-3H3/t12-/m1/s1. The summed E-state index contributed by atoms with van der Waals surface area (Å²) in [5.41, 5.74) is 2.98. The van der Waals surface area contributed by atoms with E-state index in [0.717, 1.165) is 49.4 Å². The molecule has 2 aromatic rings. The van der Waals surface area contributed by atoms with Crippen molar-refractivity contribution in [2.45, 2.75) is 52.6 Å². The van der Waals surface area contributed by atoms with E-state index in [-0.39, 0.29) is 11.9 Å². The van der Waals surface area contributed by atoms with Crippen LogP contribution in [-0.2, 0) is 13.0 Å². The van der Waals surface area contributed by atoms with Crippen molar-refractivity contribution in [2.24, 2.45) is 0 Å². The molecule has 118 valence electrons. The van der Waals surface area contributed by atoms with Gasteiger partial charge in [-0.25, -0.2) is 0 Å². The summed E-state index contributed by atoms with van der Waals surface area (Å²) in [7, 11) is 0. The Bertz CT molecular complexity index is 677. The van der Waals surface area contributed by atoms with Gasteiger partial charge in [-0.05, 0) is 50.7 Å². The van der Waals surface area contributed by atoms with Crippen molar-refractivity contribution < 1.29 is 4.79 Å². The van der Waals surface area contributed by atoms with E-state index in [4.69, 9.17) is 0 Å². The van der Waals surface area contributed by atoms with Gasteiger partial charge in [0.05, 0.1) is 24.0 Å². The van der Waals surface area contributed by atoms with Crippen LogP contribution in [0.15, 0.2) is 6.07 Å². The molecule has 1 fully saturated rings. The molecule has 0 N–H and O–H groups in total. The second-order valence-corrected chi connectivity index (χ2v) is 6.56. The van der Waals surface area contributed by atoms with Crippen LogP contribution in [0, 0.1) is 13.8 Å². The molecule has 2 aromatic heterocycles. The van der Waals surface area contributed by atoms with Crippen LogP contribution in [0.4, 0.5) is 0 Å². The van der Waals surface area contributed by atoms with E-state index in [1.165, 1.54) is 11.5 Å². The summed E-state index contributed by atoms with van der Waals surface area (Å²) in [5.74, 6) is 0.0795. The molecule has 0 spiro atoms. The SMILES string of the molecule is CCc1nnsc1C(=O)N1CCC[C@@H]1Cn1nc(C)cc1C. The lowest BCUT2D eigenvalue weighted by atomic mass is 10.2. The van der Waals surface area contributed by atoms with Crippen LogP contribution in [-0.4, -0.2) is 42.8 Å². The van der Waals surface area contributed by atoms with Crippen molar-refractivity contribution >= 4 is 17.4 Å². The van der Waals surface area contributed by atoms with Crippen molar-refractivity contribution in [3.63, 3.8) is 0 Å². The number of nitrogens with zero attached hydrogens (tertiary/aromatic N) is 5. The summed E-state index contributed by atoms with van der Waals surface area (Å²) in [6, 6.07) is 2.28. The molecule has 0 unspecified atom stereocenters. The molecule has 7 heteroatoms. The largest absolute Gasteiger partial charge is 0.333 e. The highest BCUT2D eigenvalue weighted by Crippen LogP contribution is 2.24. The number of amides is 1. The molecule has 3 heterocycles. The maximum Gasteiger partial charge on any atom is 0.267 e. The second kappa shape index (κ2) is 6.16. The van der Waals surface area contributed by atoms with Gasteiger partial charge in [0.25, 0.3) is 5.91 Å². The van der Waals surface area contributed by atoms with Gasteiger partial charge in [-0.2, -0.15) is 5.10 Å². The number of aromatic nitrogens is 4. The van der Waals surface area contributed by atoms with Crippen LogP contribution in [0.2, 0.25) is 0 Å². The summed E-state index contributed by atoms with van der Waals surface area (Å²) in [6.07, 6.45) is 2.81. The second-order valence-electron chi connectivity index (χ2n) is 5.81. The third-order valence-corrected chi connectivity index (χ3v) is 4.97. The van der Waals surface area contributed by atoms with Crippen LogP contribution >= 0.6 is 11.5 Å². The highest BCUT2D eigenvalue weighted by atomic mass is 32.1. The van der Waals surface area contributed by atoms with E-state index in [9.17, 15) is 4.79 Å². The predicted octanol–water partition coefficient (Wildman–Crippen LogP) is 2.22. The average Bonchev–Trinajstić information content (AvgIpc) is 3.19. The maximum absolute atomic E-state index is 12.8. The molecule has 0 radical (unpaired) electrons. The molecule has 0 saturated carbocycles. The normalized spacial score (nSPS) is 18.1. The first-order chi connectivity index (χ1) is 10.6. The lowest BCUT2D eigenvalue weighted by molar-refractivity contribution is 0.0724. The summed E-state index contributed by atoms with van der Waals surface area (Å²) >= 11 is 1.21. The van der Waals surface area contributed by atoms with Crippen LogP contribution in [0.1, 0.15) is 46.5 Å². The third kappa shape index (κ3) is 2.77. The lowest BCUT2D eigenvalue weighted by Gasteiger charge is -2.24. The van der Waals surface area contributed by atoms with Crippen molar-refractivity contribution in [1.29, 1.82) is 0 Å². The van der Waals surface area contributed by atoms with Crippen LogP contribution in [0.25, 0.3) is 0 Å². The van der Waals surface area contributed by atoms with E-state index >= 15 is 0 Å². The zero-order chi connectivity index (χ0) is 15.7. The number of likely N-dealkylation sites (tertiary alicyclic amines) is 1. The minimum absolute atomic E-state index is 0.0795. The fourth-order valence-electron chi connectivity index (χ4n) is 3.09. The van der Waals surface area contributed by atoms with E-state index in [1.807, 2.05) is 23.4 Å². The van der Waals surface area contributed by atoms with Crippen LogP contribution in [0.5, 0.6) is 0 Å². The van der Waals surface area contributed by atoms with Crippen molar-refractivity contribution in [2.75, 3.05) is 6.54 Å². The summed E-state index contributed by atoms with van der Waals surface area (Å²) in [4.78, 5) is 15.5. The van der Waals surface area contributed by atoms with Crippen LogP contribution < -0.4 is 0 Å². The van der Waals surface area contributed by atoms with Gasteiger partial charge in [0, 0.05) is 12.2 Å². The number of aryl methyl sites for hydroxylation is 3. The van der Waals surface area contributed by atoms with E-state index in [0.29, 0.717) is 4.88 Å². The molecule has 6 nitrogen and oxygen atoms in total. The van der Waals surface area contributed by atoms with Crippen molar-refractivity contribution in [3.8, 4) is 0 Å². The number of carbonyl (C=O) groups is 1. The van der Waals surface area contributed by atoms with Gasteiger partial charge in [0.1, 0.15) is 4.88 Å². The van der Waals surface area contributed by atoms with E-state index in [2.05, 4.69) is 27.7 Å². The molecule has 1 amide bonds. The van der Waals surface area contributed by atoms with Gasteiger partial charge in [0.2, 0.25) is 0 Å². The Kier molecular flexibility index (Phi) is 4.24. The molecule has 1 aliphatic heterocycles. The molecule has 1 saturated heterocycles. The monoisotopic (exact) mass is 319 g/mol. The number of rotatable bonds is 4. The first-order valence-electron chi connectivity index (χ1n) is 7.73. The molecule has 0 bridgehead atoms. The number of carbonyl (C=O) groups excluding carboxylic acids is 1. The van der Waals surface area contributed by atoms with Gasteiger partial charge in [-0.3, -0.25) is 9.48 Å². The molecule has 22 heavy (non-hydrogen) atoms. The fourth-order valence-corrected chi connectivity index (χ4v) is 3.79. The van der Waals surface area contributed by atoms with Gasteiger partial charge in [0.15, 0.2) is 0 Å².